The summed E-state index contributed by atoms with van der Waals surface area (Å²) in [5, 5.41) is 8.85. The molecule has 0 aliphatic rings. The van der Waals surface area contributed by atoms with Crippen LogP contribution in [-0.2, 0) is 20.7 Å². The second-order valence-corrected chi connectivity index (χ2v) is 3.14. The quantitative estimate of drug-likeness (QED) is 0.547. The first-order chi connectivity index (χ1) is 5.43. The maximum atomic E-state index is 10.4. The zero-order valence-electron chi connectivity index (χ0n) is 6.27. The van der Waals surface area contributed by atoms with E-state index in [2.05, 4.69) is 0 Å². The molecule has 0 aliphatic heterocycles. The molecule has 12 heavy (non-hydrogen) atoms. The molecule has 0 rings (SSSR count). The number of amides is 1. The molecular weight excluding hydrogens is 186 g/mol. The average Bonchev–Trinajstić information content (AvgIpc) is 1.83. The van der Waals surface area contributed by atoms with Gasteiger partial charge in [0.05, 0.1) is 6.42 Å². The lowest BCUT2D eigenvalue weighted by molar-refractivity contribution is -0.137. The molecule has 0 heterocycles. The average molecular weight is 194 g/mol. The van der Waals surface area contributed by atoms with E-state index in [-0.39, 0.29) is 0 Å². The number of hydrogen-bond donors (Lipinski definition) is 2. The van der Waals surface area contributed by atoms with E-state index in [1.807, 2.05) is 5.32 Å². The summed E-state index contributed by atoms with van der Waals surface area (Å²) in [5.41, 5.74) is 0. The Morgan fingerprint density at radius 1 is 1.67 bits per heavy atom. The number of rotatable bonds is 4. The molecule has 0 fully saturated rings. The summed E-state index contributed by atoms with van der Waals surface area (Å²) < 4.78 is 20.6. The van der Waals surface area contributed by atoms with Gasteiger partial charge in [-0.3, -0.25) is 13.8 Å². The minimum absolute atomic E-state index is 0.578. The molecule has 0 aromatic rings. The Bertz CT molecular complexity index is 200. The Morgan fingerprint density at radius 2 is 2.17 bits per heavy atom. The monoisotopic (exact) mass is 194 g/mol. The van der Waals surface area contributed by atoms with Crippen LogP contribution in [0.2, 0.25) is 0 Å². The number of hydrogen-bond acceptors (Lipinski definition) is 4. The van der Waals surface area contributed by atoms with Crippen molar-refractivity contribution in [3.05, 3.63) is 0 Å². The predicted molar refractivity (Wildman–Crippen MR) is 38.8 cm³/mol. The minimum Gasteiger partial charge on any atom is -0.771 e. The van der Waals surface area contributed by atoms with Crippen molar-refractivity contribution in [2.24, 2.45) is 0 Å². The van der Waals surface area contributed by atoms with Crippen LogP contribution >= 0.6 is 0 Å². The van der Waals surface area contributed by atoms with Crippen LogP contribution in [0.15, 0.2) is 0 Å². The van der Waals surface area contributed by atoms with Crippen molar-refractivity contribution in [3.8, 4) is 0 Å². The summed E-state index contributed by atoms with van der Waals surface area (Å²) in [5.74, 6) is -1.86. The van der Waals surface area contributed by atoms with E-state index < -0.39 is 34.8 Å². The van der Waals surface area contributed by atoms with E-state index in [0.717, 1.165) is 6.92 Å². The molecule has 0 saturated carbocycles. The number of nitrogens with one attached hydrogen (secondary N) is 1. The Balaban J connectivity index is 4.14. The largest absolute Gasteiger partial charge is 0.771 e. The van der Waals surface area contributed by atoms with Gasteiger partial charge in [-0.2, -0.15) is 0 Å². The summed E-state index contributed by atoms with van der Waals surface area (Å²) in [6, 6.07) is 0. The van der Waals surface area contributed by atoms with E-state index >= 15 is 0 Å². The Labute approximate surface area is 71.2 Å². The Morgan fingerprint density at radius 3 is 2.42 bits per heavy atom. The van der Waals surface area contributed by atoms with Gasteiger partial charge in [-0.15, -0.1) is 0 Å². The standard InChI is InChI=1S/C5H9NO5S/c1-3(7)6-4(12(10)11)2-5(8)9/h4H,2H2,1H3,(H,6,7)(H,8,9)(H,10,11)/p-1. The first-order valence-corrected chi connectivity index (χ1v) is 4.14. The van der Waals surface area contributed by atoms with Gasteiger partial charge in [-0.1, -0.05) is 0 Å². The number of aliphatic carboxylic acids is 1. The molecule has 1 amide bonds. The smallest absolute Gasteiger partial charge is 0.306 e. The topological polar surface area (TPSA) is 107 Å². The normalized spacial score (nSPS) is 14.8. The molecule has 2 unspecified atom stereocenters. The lowest BCUT2D eigenvalue weighted by Gasteiger charge is -2.17. The maximum Gasteiger partial charge on any atom is 0.306 e. The van der Waals surface area contributed by atoms with Gasteiger partial charge in [-0.05, 0) is 11.1 Å². The van der Waals surface area contributed by atoms with Crippen LogP contribution in [-0.4, -0.2) is 31.1 Å². The molecule has 6 nitrogen and oxygen atoms in total. The summed E-state index contributed by atoms with van der Waals surface area (Å²) in [7, 11) is 0. The van der Waals surface area contributed by atoms with Crippen LogP contribution in [0.3, 0.4) is 0 Å². The molecule has 0 radical (unpaired) electrons. The third kappa shape index (κ3) is 4.80. The molecule has 7 heteroatoms. The van der Waals surface area contributed by atoms with Crippen LogP contribution in [0, 0.1) is 0 Å². The SMILES string of the molecule is CC(=O)NC(CC(=O)O)S(=O)[O-]. The van der Waals surface area contributed by atoms with E-state index in [9.17, 15) is 18.4 Å². The van der Waals surface area contributed by atoms with Gasteiger partial charge >= 0.3 is 5.97 Å². The van der Waals surface area contributed by atoms with Gasteiger partial charge in [0.15, 0.2) is 0 Å². The zero-order chi connectivity index (χ0) is 9.72. The van der Waals surface area contributed by atoms with Crippen molar-refractivity contribution < 1.29 is 23.5 Å². The molecule has 0 spiro atoms. The van der Waals surface area contributed by atoms with Gasteiger partial charge < -0.3 is 15.0 Å². The molecule has 2 N–H and O–H groups in total. The molecule has 0 aliphatic carbocycles. The van der Waals surface area contributed by atoms with E-state index in [1.54, 1.807) is 0 Å². The lowest BCUT2D eigenvalue weighted by Crippen LogP contribution is -2.38. The van der Waals surface area contributed by atoms with Crippen molar-refractivity contribution >= 4 is 23.0 Å². The Hall–Kier alpha value is -0.950. The molecule has 0 saturated heterocycles. The van der Waals surface area contributed by atoms with Gasteiger partial charge in [0, 0.05) is 6.92 Å². The number of carboxylic acid groups (broad SMARTS) is 1. The summed E-state index contributed by atoms with van der Waals surface area (Å²) in [4.78, 5) is 20.4. The molecule has 0 bridgehead atoms. The second-order valence-electron chi connectivity index (χ2n) is 2.05. The van der Waals surface area contributed by atoms with Crippen LogP contribution < -0.4 is 5.32 Å². The summed E-state index contributed by atoms with van der Waals surface area (Å²) in [6.07, 6.45) is -0.629. The van der Waals surface area contributed by atoms with Crippen LogP contribution in [0.4, 0.5) is 0 Å². The van der Waals surface area contributed by atoms with Crippen molar-refractivity contribution in [2.75, 3.05) is 0 Å². The number of carbonyl (C=O) groups excluding carboxylic acids is 1. The highest BCUT2D eigenvalue weighted by atomic mass is 32.2. The Kier molecular flexibility index (Phi) is 4.45. The predicted octanol–water partition coefficient (Wildman–Crippen LogP) is -1.20. The highest BCUT2D eigenvalue weighted by Gasteiger charge is 2.14. The fourth-order valence-electron chi connectivity index (χ4n) is 0.552. The third-order valence-electron chi connectivity index (χ3n) is 0.957. The second kappa shape index (κ2) is 4.83. The minimum atomic E-state index is -2.61. The number of carbonyl (C=O) groups is 2. The van der Waals surface area contributed by atoms with Crippen LogP contribution in [0.1, 0.15) is 13.3 Å². The molecule has 0 aromatic carbocycles. The van der Waals surface area contributed by atoms with Crippen molar-refractivity contribution in [1.29, 1.82) is 0 Å². The van der Waals surface area contributed by atoms with Crippen LogP contribution in [0.25, 0.3) is 0 Å². The third-order valence-corrected chi connectivity index (χ3v) is 1.71. The van der Waals surface area contributed by atoms with Gasteiger partial charge in [0.2, 0.25) is 5.91 Å². The van der Waals surface area contributed by atoms with Gasteiger partial charge in [0.1, 0.15) is 5.37 Å². The summed E-state index contributed by atoms with van der Waals surface area (Å²) in [6.45, 7) is 1.11. The van der Waals surface area contributed by atoms with Gasteiger partial charge in [0.25, 0.3) is 0 Å². The fraction of sp³-hybridized carbons (Fsp3) is 0.600. The van der Waals surface area contributed by atoms with E-state index in [0.29, 0.717) is 0 Å². The van der Waals surface area contributed by atoms with Crippen molar-refractivity contribution in [2.45, 2.75) is 18.7 Å². The molecule has 2 atom stereocenters. The first kappa shape index (κ1) is 11.1. The molecule has 0 aromatic heterocycles. The zero-order valence-corrected chi connectivity index (χ0v) is 7.09. The highest BCUT2D eigenvalue weighted by Crippen LogP contribution is 1.95. The van der Waals surface area contributed by atoms with Gasteiger partial charge in [-0.25, -0.2) is 0 Å². The van der Waals surface area contributed by atoms with Crippen molar-refractivity contribution in [3.63, 3.8) is 0 Å². The summed E-state index contributed by atoms with van der Waals surface area (Å²) >= 11 is -2.61. The highest BCUT2D eigenvalue weighted by molar-refractivity contribution is 7.79. The molecule has 70 valence electrons. The molecular formula is C5H8NO5S-. The van der Waals surface area contributed by atoms with Crippen LogP contribution in [0.5, 0.6) is 0 Å². The van der Waals surface area contributed by atoms with E-state index in [1.165, 1.54) is 0 Å². The lowest BCUT2D eigenvalue weighted by atomic mass is 10.4. The van der Waals surface area contributed by atoms with E-state index in [4.69, 9.17) is 5.11 Å². The van der Waals surface area contributed by atoms with Crippen molar-refractivity contribution in [1.82, 2.24) is 5.32 Å². The number of carboxylic acids is 1. The maximum absolute atomic E-state index is 10.4. The first-order valence-electron chi connectivity index (χ1n) is 3.00. The fourth-order valence-corrected chi connectivity index (χ4v) is 1.09.